The molecular formula is C26H28ClNO4. The van der Waals surface area contributed by atoms with Gasteiger partial charge in [-0.1, -0.05) is 29.8 Å². The first-order valence-corrected chi connectivity index (χ1v) is 11.0. The Kier molecular flexibility index (Phi) is 6.77. The molecule has 0 aliphatic carbocycles. The Balaban J connectivity index is 1.71. The Morgan fingerprint density at radius 2 is 1.75 bits per heavy atom. The summed E-state index contributed by atoms with van der Waals surface area (Å²) in [5.74, 6) is 1.94. The highest BCUT2D eigenvalue weighted by molar-refractivity contribution is 6.31. The van der Waals surface area contributed by atoms with Crippen molar-refractivity contribution in [2.24, 2.45) is 0 Å². The number of benzene rings is 3. The number of rotatable bonds is 7. The van der Waals surface area contributed by atoms with Gasteiger partial charge in [0.25, 0.3) is 0 Å². The van der Waals surface area contributed by atoms with Crippen LogP contribution in [0.5, 0.6) is 23.0 Å². The van der Waals surface area contributed by atoms with Crippen LogP contribution in [0.1, 0.15) is 16.7 Å². The number of hydrogen-bond donors (Lipinski definition) is 1. The van der Waals surface area contributed by atoms with Crippen LogP contribution in [0.25, 0.3) is 11.1 Å². The van der Waals surface area contributed by atoms with Crippen molar-refractivity contribution in [1.29, 1.82) is 0 Å². The molecule has 0 radical (unpaired) electrons. The van der Waals surface area contributed by atoms with Gasteiger partial charge in [-0.3, -0.25) is 4.90 Å². The van der Waals surface area contributed by atoms with E-state index in [-0.39, 0.29) is 5.75 Å². The fourth-order valence-electron chi connectivity index (χ4n) is 4.35. The molecule has 6 heteroatoms. The molecule has 0 bridgehead atoms. The minimum absolute atomic E-state index is 0.127. The van der Waals surface area contributed by atoms with Crippen molar-refractivity contribution in [3.05, 3.63) is 70.2 Å². The van der Waals surface area contributed by atoms with Crippen LogP contribution in [0.4, 0.5) is 0 Å². The molecule has 32 heavy (non-hydrogen) atoms. The van der Waals surface area contributed by atoms with Crippen molar-refractivity contribution in [3.8, 4) is 34.1 Å². The Labute approximate surface area is 194 Å². The molecule has 0 amide bonds. The quantitative estimate of drug-likeness (QED) is 0.523. The van der Waals surface area contributed by atoms with Crippen molar-refractivity contribution in [2.45, 2.75) is 19.4 Å². The highest BCUT2D eigenvalue weighted by Crippen LogP contribution is 2.47. The third kappa shape index (κ3) is 4.36. The summed E-state index contributed by atoms with van der Waals surface area (Å²) in [4.78, 5) is 2.40. The molecule has 3 aromatic carbocycles. The van der Waals surface area contributed by atoms with E-state index < -0.39 is 0 Å². The van der Waals surface area contributed by atoms with E-state index in [1.165, 1.54) is 5.56 Å². The van der Waals surface area contributed by atoms with E-state index in [1.54, 1.807) is 21.3 Å². The Hall–Kier alpha value is -2.89. The lowest BCUT2D eigenvalue weighted by molar-refractivity contribution is 0.256. The van der Waals surface area contributed by atoms with Gasteiger partial charge in [-0.15, -0.1) is 0 Å². The summed E-state index contributed by atoms with van der Waals surface area (Å²) in [5, 5.41) is 11.9. The first kappa shape index (κ1) is 22.3. The summed E-state index contributed by atoms with van der Waals surface area (Å²) in [6.07, 6.45) is 1.75. The second-order valence-corrected chi connectivity index (χ2v) is 8.28. The first-order chi connectivity index (χ1) is 15.5. The molecule has 0 saturated heterocycles. The molecule has 0 atom stereocenters. The lowest BCUT2D eigenvalue weighted by Crippen LogP contribution is -2.32. The van der Waals surface area contributed by atoms with E-state index in [0.717, 1.165) is 59.8 Å². The molecule has 1 aliphatic heterocycles. The normalized spacial score (nSPS) is 13.5. The van der Waals surface area contributed by atoms with Crippen LogP contribution >= 0.6 is 11.6 Å². The highest BCUT2D eigenvalue weighted by Gasteiger charge is 2.26. The lowest BCUT2D eigenvalue weighted by Gasteiger charge is -2.31. The molecule has 0 aromatic heterocycles. The van der Waals surface area contributed by atoms with Crippen LogP contribution in [0, 0.1) is 0 Å². The predicted molar refractivity (Wildman–Crippen MR) is 127 cm³/mol. The average molecular weight is 454 g/mol. The third-order valence-electron chi connectivity index (χ3n) is 6.10. The van der Waals surface area contributed by atoms with Crippen LogP contribution in [-0.4, -0.2) is 44.4 Å². The number of phenols is 1. The van der Waals surface area contributed by atoms with Crippen molar-refractivity contribution in [1.82, 2.24) is 4.90 Å². The second-order valence-electron chi connectivity index (χ2n) is 7.87. The Morgan fingerprint density at radius 1 is 0.969 bits per heavy atom. The molecule has 0 fully saturated rings. The molecule has 1 N–H and O–H groups in total. The molecule has 3 aromatic rings. The summed E-state index contributed by atoms with van der Waals surface area (Å²) in [6.45, 7) is 2.54. The number of halogens is 1. The molecule has 0 saturated carbocycles. The van der Waals surface area contributed by atoms with Gasteiger partial charge in [0, 0.05) is 41.9 Å². The lowest BCUT2D eigenvalue weighted by atomic mass is 9.89. The van der Waals surface area contributed by atoms with Gasteiger partial charge in [0.1, 0.15) is 11.5 Å². The summed E-state index contributed by atoms with van der Waals surface area (Å²) in [7, 11) is 4.82. The number of methoxy groups -OCH3 is 3. The molecule has 5 nitrogen and oxygen atoms in total. The van der Waals surface area contributed by atoms with Gasteiger partial charge < -0.3 is 19.3 Å². The number of fused-ring (bicyclic) bond motifs is 1. The largest absolute Gasteiger partial charge is 0.504 e. The zero-order chi connectivity index (χ0) is 22.7. The fourth-order valence-corrected chi connectivity index (χ4v) is 4.58. The number of hydrogen-bond acceptors (Lipinski definition) is 5. The van der Waals surface area contributed by atoms with Gasteiger partial charge in [0.2, 0.25) is 0 Å². The zero-order valence-corrected chi connectivity index (χ0v) is 19.4. The van der Waals surface area contributed by atoms with E-state index in [2.05, 4.69) is 11.0 Å². The van der Waals surface area contributed by atoms with Crippen LogP contribution < -0.4 is 14.2 Å². The molecule has 168 valence electrons. The molecule has 1 aliphatic rings. The molecule has 1 heterocycles. The summed E-state index contributed by atoms with van der Waals surface area (Å²) >= 11 is 6.35. The SMILES string of the molecule is COc1ccc(-c2c(O)c(OC)cc3c2CN(CCc2ccccc2Cl)CC3)c(OC)c1. The number of aromatic hydroxyl groups is 1. The average Bonchev–Trinajstić information content (AvgIpc) is 2.83. The monoisotopic (exact) mass is 453 g/mol. The first-order valence-electron chi connectivity index (χ1n) is 10.7. The Morgan fingerprint density at radius 3 is 2.47 bits per heavy atom. The van der Waals surface area contributed by atoms with Crippen molar-refractivity contribution in [2.75, 3.05) is 34.4 Å². The Bertz CT molecular complexity index is 1120. The third-order valence-corrected chi connectivity index (χ3v) is 6.47. The summed E-state index contributed by atoms with van der Waals surface area (Å²) in [6, 6.07) is 15.6. The predicted octanol–water partition coefficient (Wildman–Crippen LogP) is 5.34. The molecule has 0 spiro atoms. The van der Waals surface area contributed by atoms with Gasteiger partial charge in [0.05, 0.1) is 21.3 Å². The fraction of sp³-hybridized carbons (Fsp3) is 0.308. The van der Waals surface area contributed by atoms with Gasteiger partial charge >= 0.3 is 0 Å². The van der Waals surface area contributed by atoms with E-state index in [4.69, 9.17) is 25.8 Å². The van der Waals surface area contributed by atoms with Crippen LogP contribution in [0.2, 0.25) is 5.02 Å². The minimum atomic E-state index is 0.127. The van der Waals surface area contributed by atoms with E-state index in [9.17, 15) is 5.11 Å². The zero-order valence-electron chi connectivity index (χ0n) is 18.7. The van der Waals surface area contributed by atoms with E-state index in [0.29, 0.717) is 17.2 Å². The van der Waals surface area contributed by atoms with Gasteiger partial charge in [0.15, 0.2) is 11.5 Å². The topological polar surface area (TPSA) is 51.2 Å². The second kappa shape index (κ2) is 9.72. The maximum absolute atomic E-state index is 11.1. The summed E-state index contributed by atoms with van der Waals surface area (Å²) in [5.41, 5.74) is 4.99. The van der Waals surface area contributed by atoms with Gasteiger partial charge in [-0.05, 0) is 53.8 Å². The van der Waals surface area contributed by atoms with Crippen LogP contribution in [0.3, 0.4) is 0 Å². The van der Waals surface area contributed by atoms with Crippen molar-refractivity contribution in [3.63, 3.8) is 0 Å². The van der Waals surface area contributed by atoms with Crippen LogP contribution in [-0.2, 0) is 19.4 Å². The summed E-state index contributed by atoms with van der Waals surface area (Å²) < 4.78 is 16.5. The highest BCUT2D eigenvalue weighted by atomic mass is 35.5. The molecular weight excluding hydrogens is 426 g/mol. The minimum Gasteiger partial charge on any atom is -0.504 e. The smallest absolute Gasteiger partial charge is 0.166 e. The maximum Gasteiger partial charge on any atom is 0.166 e. The van der Waals surface area contributed by atoms with E-state index >= 15 is 0 Å². The van der Waals surface area contributed by atoms with Crippen LogP contribution in [0.15, 0.2) is 48.5 Å². The van der Waals surface area contributed by atoms with Gasteiger partial charge in [-0.25, -0.2) is 0 Å². The number of ether oxygens (including phenoxy) is 3. The maximum atomic E-state index is 11.1. The van der Waals surface area contributed by atoms with Gasteiger partial charge in [-0.2, -0.15) is 0 Å². The van der Waals surface area contributed by atoms with Crippen molar-refractivity contribution < 1.29 is 19.3 Å². The standard InChI is InChI=1S/C26H28ClNO4/c1-30-19-8-9-20(23(15-19)31-2)25-21-16-28(12-10-17-6-4-5-7-22(17)27)13-11-18(21)14-24(32-3)26(25)29/h4-9,14-15,29H,10-13,16H2,1-3H3. The molecule has 0 unspecified atom stereocenters. The number of phenolic OH excluding ortho intramolecular Hbond substituents is 1. The molecule has 4 rings (SSSR count). The van der Waals surface area contributed by atoms with Crippen molar-refractivity contribution >= 4 is 11.6 Å². The number of nitrogens with zero attached hydrogens (tertiary/aromatic N) is 1. The van der Waals surface area contributed by atoms with E-state index in [1.807, 2.05) is 42.5 Å².